The van der Waals surface area contributed by atoms with Gasteiger partial charge in [0.1, 0.15) is 0 Å². The molecule has 1 aliphatic rings. The van der Waals surface area contributed by atoms with Crippen molar-refractivity contribution in [2.45, 2.75) is 37.7 Å². The van der Waals surface area contributed by atoms with Crippen molar-refractivity contribution in [3.8, 4) is 0 Å². The van der Waals surface area contributed by atoms with Crippen LogP contribution in [0.2, 0.25) is 10.0 Å². The van der Waals surface area contributed by atoms with Gasteiger partial charge in [-0.25, -0.2) is 14.5 Å². The molecular formula is C36H40Cl2F6N6O3. The molecule has 0 spiro atoms. The highest BCUT2D eigenvalue weighted by molar-refractivity contribution is 6.42. The van der Waals surface area contributed by atoms with E-state index in [1.165, 1.54) is 21.1 Å². The molecule has 2 atom stereocenters. The minimum atomic E-state index is -5.10. The van der Waals surface area contributed by atoms with Crippen LogP contribution in [0.5, 0.6) is 0 Å². The molecule has 17 heteroatoms. The summed E-state index contributed by atoms with van der Waals surface area (Å²) in [5.41, 5.74) is -1.54. The highest BCUT2D eigenvalue weighted by Gasteiger charge is 2.38. The normalized spacial score (nSPS) is 15.1. The smallest absolute Gasteiger partial charge is 0.369 e. The SMILES string of the molecule is CNC(=O)N(C(=O)NC)[C@H](C)c1ccccc1N1CCN(CC[C@H](CN(C)C(=O)c2cc(C(F)(F)F)cc(C(F)(F)F)c2)c2ccc(Cl)c(Cl)c2)CC1. The average molecular weight is 790 g/mol. The summed E-state index contributed by atoms with van der Waals surface area (Å²) in [6.45, 7) is 4.75. The number of piperazine rings is 1. The number of rotatable bonds is 10. The van der Waals surface area contributed by atoms with Crippen LogP contribution >= 0.6 is 23.2 Å². The van der Waals surface area contributed by atoms with Gasteiger partial charge < -0.3 is 20.4 Å². The maximum absolute atomic E-state index is 13.5. The number of halogens is 8. The molecule has 9 nitrogen and oxygen atoms in total. The number of carbonyl (C=O) groups is 3. The number of hydrogen-bond acceptors (Lipinski definition) is 5. The number of imide groups is 1. The lowest BCUT2D eigenvalue weighted by atomic mass is 9.94. The van der Waals surface area contributed by atoms with E-state index in [1.807, 2.05) is 24.3 Å². The maximum Gasteiger partial charge on any atom is 0.416 e. The molecule has 0 aliphatic carbocycles. The summed E-state index contributed by atoms with van der Waals surface area (Å²) in [5.74, 6) is -1.41. The number of para-hydroxylation sites is 1. The second kappa shape index (κ2) is 17.3. The van der Waals surface area contributed by atoms with Crippen LogP contribution in [0.15, 0.2) is 60.7 Å². The molecule has 1 aliphatic heterocycles. The fraction of sp³-hybridized carbons (Fsp3) is 0.417. The predicted octanol–water partition coefficient (Wildman–Crippen LogP) is 8.14. The lowest BCUT2D eigenvalue weighted by molar-refractivity contribution is -0.143. The van der Waals surface area contributed by atoms with Crippen LogP contribution < -0.4 is 15.5 Å². The number of likely N-dealkylation sites (N-methyl/N-ethyl adjacent to an activating group) is 1. The zero-order valence-corrected chi connectivity index (χ0v) is 30.9. The second-order valence-corrected chi connectivity index (χ2v) is 13.5. The molecule has 1 fully saturated rings. The van der Waals surface area contributed by atoms with E-state index < -0.39 is 59.0 Å². The average Bonchev–Trinajstić information content (AvgIpc) is 3.13. The van der Waals surface area contributed by atoms with E-state index in [9.17, 15) is 40.7 Å². The molecule has 0 aromatic heterocycles. The predicted molar refractivity (Wildman–Crippen MR) is 191 cm³/mol. The van der Waals surface area contributed by atoms with E-state index >= 15 is 0 Å². The Labute approximate surface area is 313 Å². The van der Waals surface area contributed by atoms with E-state index in [-0.39, 0.29) is 17.6 Å². The van der Waals surface area contributed by atoms with Gasteiger partial charge in [0, 0.05) is 71.0 Å². The Morgan fingerprint density at radius 2 is 1.38 bits per heavy atom. The van der Waals surface area contributed by atoms with Gasteiger partial charge in [0.15, 0.2) is 0 Å². The fourth-order valence-electron chi connectivity index (χ4n) is 6.35. The summed E-state index contributed by atoms with van der Waals surface area (Å²) < 4.78 is 81.1. The first-order valence-electron chi connectivity index (χ1n) is 16.6. The monoisotopic (exact) mass is 788 g/mol. The minimum Gasteiger partial charge on any atom is -0.369 e. The zero-order chi connectivity index (χ0) is 39.2. The summed E-state index contributed by atoms with van der Waals surface area (Å²) in [6.07, 6.45) is -9.73. The minimum absolute atomic E-state index is 0.0153. The number of hydrogen-bond donors (Lipinski definition) is 2. The molecule has 2 N–H and O–H groups in total. The van der Waals surface area contributed by atoms with Crippen LogP contribution in [-0.2, 0) is 12.4 Å². The number of nitrogens with one attached hydrogen (secondary N) is 2. The molecule has 1 saturated heterocycles. The highest BCUT2D eigenvalue weighted by atomic mass is 35.5. The summed E-state index contributed by atoms with van der Waals surface area (Å²) in [6, 6.07) is 11.6. The van der Waals surface area contributed by atoms with Gasteiger partial charge in [-0.2, -0.15) is 26.3 Å². The lowest BCUT2D eigenvalue weighted by Crippen LogP contribution is -2.49. The van der Waals surface area contributed by atoms with Gasteiger partial charge in [-0.05, 0) is 67.4 Å². The Hall–Kier alpha value is -4.21. The molecule has 3 aromatic carbocycles. The van der Waals surface area contributed by atoms with Crippen LogP contribution in [0.1, 0.15) is 57.9 Å². The Balaban J connectivity index is 1.50. The summed E-state index contributed by atoms with van der Waals surface area (Å²) in [7, 11) is 4.22. The van der Waals surface area contributed by atoms with E-state index in [4.69, 9.17) is 23.2 Å². The number of benzene rings is 3. The Morgan fingerprint density at radius 3 is 1.91 bits per heavy atom. The topological polar surface area (TPSA) is 88.2 Å². The van der Waals surface area contributed by atoms with Crippen LogP contribution in [-0.4, -0.2) is 93.1 Å². The Kier molecular flexibility index (Phi) is 13.6. The number of amides is 5. The molecule has 5 amide bonds. The number of nitrogens with zero attached hydrogens (tertiary/aromatic N) is 4. The first-order chi connectivity index (χ1) is 24.8. The maximum atomic E-state index is 13.5. The van der Waals surface area contributed by atoms with Gasteiger partial charge >= 0.3 is 24.4 Å². The third kappa shape index (κ3) is 10.3. The molecular weight excluding hydrogens is 749 g/mol. The number of anilines is 1. The molecule has 0 radical (unpaired) electrons. The van der Waals surface area contributed by atoms with Crippen molar-refractivity contribution in [1.29, 1.82) is 0 Å². The molecule has 288 valence electrons. The van der Waals surface area contributed by atoms with Gasteiger partial charge in [-0.1, -0.05) is 47.5 Å². The molecule has 3 aromatic rings. The highest BCUT2D eigenvalue weighted by Crippen LogP contribution is 2.37. The van der Waals surface area contributed by atoms with Crippen LogP contribution in [0, 0.1) is 0 Å². The first-order valence-corrected chi connectivity index (χ1v) is 17.4. The van der Waals surface area contributed by atoms with Gasteiger partial charge in [0.2, 0.25) is 0 Å². The van der Waals surface area contributed by atoms with Crippen molar-refractivity contribution in [2.24, 2.45) is 0 Å². The van der Waals surface area contributed by atoms with Gasteiger partial charge in [0.25, 0.3) is 5.91 Å². The van der Waals surface area contributed by atoms with E-state index in [1.54, 1.807) is 25.1 Å². The van der Waals surface area contributed by atoms with E-state index in [2.05, 4.69) is 20.4 Å². The van der Waals surface area contributed by atoms with Crippen molar-refractivity contribution in [2.75, 3.05) is 65.3 Å². The van der Waals surface area contributed by atoms with Gasteiger partial charge in [-0.15, -0.1) is 0 Å². The number of alkyl halides is 6. The van der Waals surface area contributed by atoms with Crippen molar-refractivity contribution < 1.29 is 40.7 Å². The second-order valence-electron chi connectivity index (χ2n) is 12.7. The molecule has 0 unspecified atom stereocenters. The molecule has 53 heavy (non-hydrogen) atoms. The fourth-order valence-corrected chi connectivity index (χ4v) is 6.65. The lowest BCUT2D eigenvalue weighted by Gasteiger charge is -2.39. The standard InChI is InChI=1S/C36H40Cl2F6N6O3/c1-22(50(33(52)45-2)34(53)46-3)28-7-5-6-8-31(28)49-15-13-48(14-16-49)12-11-24(23-9-10-29(37)30(38)19-23)21-47(4)32(51)25-17-26(35(39,40)41)20-27(18-25)36(42,43)44/h5-10,17-20,22,24H,11-16,21H2,1-4H3,(H,45,52)(H,46,53)/t22-,24-/m1/s1. The third-order valence-corrected chi connectivity index (χ3v) is 9.98. The van der Waals surface area contributed by atoms with Crippen molar-refractivity contribution >= 4 is 46.9 Å². The molecule has 0 saturated carbocycles. The first kappa shape index (κ1) is 41.5. The number of urea groups is 2. The largest absolute Gasteiger partial charge is 0.416 e. The van der Waals surface area contributed by atoms with Crippen LogP contribution in [0.25, 0.3) is 0 Å². The van der Waals surface area contributed by atoms with Crippen LogP contribution in [0.4, 0.5) is 41.6 Å². The summed E-state index contributed by atoms with van der Waals surface area (Å²) in [4.78, 5) is 45.2. The van der Waals surface area contributed by atoms with E-state index in [0.717, 1.165) is 21.1 Å². The third-order valence-electron chi connectivity index (χ3n) is 9.24. The molecule has 1 heterocycles. The summed E-state index contributed by atoms with van der Waals surface area (Å²) >= 11 is 12.5. The molecule has 4 rings (SSSR count). The Bertz CT molecular complexity index is 1740. The van der Waals surface area contributed by atoms with Crippen molar-refractivity contribution in [3.63, 3.8) is 0 Å². The zero-order valence-electron chi connectivity index (χ0n) is 29.4. The van der Waals surface area contributed by atoms with Gasteiger partial charge in [0.05, 0.1) is 27.2 Å². The quantitative estimate of drug-likeness (QED) is 0.203. The number of carbonyl (C=O) groups excluding carboxylic acids is 3. The van der Waals surface area contributed by atoms with Crippen molar-refractivity contribution in [1.82, 2.24) is 25.3 Å². The Morgan fingerprint density at radius 1 is 0.811 bits per heavy atom. The van der Waals surface area contributed by atoms with Crippen molar-refractivity contribution in [3.05, 3.63) is 98.5 Å². The van der Waals surface area contributed by atoms with Gasteiger partial charge in [-0.3, -0.25) is 9.69 Å². The van der Waals surface area contributed by atoms with Crippen LogP contribution in [0.3, 0.4) is 0 Å². The summed E-state index contributed by atoms with van der Waals surface area (Å²) in [5, 5.41) is 5.56. The molecule has 0 bridgehead atoms. The van der Waals surface area contributed by atoms with E-state index in [0.29, 0.717) is 61.9 Å².